The van der Waals surface area contributed by atoms with Crippen LogP contribution < -0.4 is 0 Å². The van der Waals surface area contributed by atoms with E-state index in [1.54, 1.807) is 0 Å². The summed E-state index contributed by atoms with van der Waals surface area (Å²) in [5.41, 5.74) is 0. The molecular weight excluding hydrogens is 1390 g/mol. The Bertz CT molecular complexity index is 2080. The third-order valence-corrected chi connectivity index (χ3v) is 23.2. The Hall–Kier alpha value is -1.94. The Kier molecular flexibility index (Phi) is 75.3. The summed E-state index contributed by atoms with van der Waals surface area (Å²) in [5, 5.41) is 10.7. The Balaban J connectivity index is 5.26. The zero-order chi connectivity index (χ0) is 78.8. The molecule has 0 spiro atoms. The topological polar surface area (TPSA) is 237 Å². The molecule has 0 radical (unpaired) electrons. The average Bonchev–Trinajstić information content (AvgIpc) is 0.899. The fourth-order valence-corrected chi connectivity index (χ4v) is 15.2. The number of aliphatic hydroxyl groups excluding tert-OH is 1. The molecule has 636 valence electrons. The molecule has 0 amide bonds. The van der Waals surface area contributed by atoms with Crippen LogP contribution in [0.3, 0.4) is 0 Å². The number of rotatable bonds is 85. The van der Waals surface area contributed by atoms with E-state index < -0.39 is 97.5 Å². The Morgan fingerprint density at radius 1 is 0.262 bits per heavy atom. The number of hydrogen-bond donors (Lipinski definition) is 3. The molecule has 0 aliphatic heterocycles. The lowest BCUT2D eigenvalue weighted by atomic mass is 9.99. The summed E-state index contributed by atoms with van der Waals surface area (Å²) in [6.07, 6.45) is 66.5. The molecule has 107 heavy (non-hydrogen) atoms. The molecule has 19 heteroatoms. The van der Waals surface area contributed by atoms with Crippen molar-refractivity contribution < 1.29 is 80.2 Å². The summed E-state index contributed by atoms with van der Waals surface area (Å²) < 4.78 is 69.0. The second-order valence-corrected chi connectivity index (χ2v) is 36.0. The first-order chi connectivity index (χ1) is 51.7. The van der Waals surface area contributed by atoms with Crippen molar-refractivity contribution in [3.05, 3.63) is 0 Å². The fourth-order valence-electron chi connectivity index (χ4n) is 13.6. The van der Waals surface area contributed by atoms with Crippen LogP contribution in [-0.4, -0.2) is 96.7 Å². The van der Waals surface area contributed by atoms with Gasteiger partial charge in [-0.05, 0) is 49.4 Å². The molecule has 0 fully saturated rings. The van der Waals surface area contributed by atoms with Crippen molar-refractivity contribution in [2.45, 2.75) is 478 Å². The molecule has 3 N–H and O–H groups in total. The van der Waals surface area contributed by atoms with Crippen molar-refractivity contribution >= 4 is 39.5 Å². The molecule has 0 heterocycles. The first-order valence-electron chi connectivity index (χ1n) is 45.3. The third kappa shape index (κ3) is 79.1. The second kappa shape index (κ2) is 76.7. The van der Waals surface area contributed by atoms with Gasteiger partial charge in [0.2, 0.25) is 0 Å². The molecule has 7 atom stereocenters. The summed E-state index contributed by atoms with van der Waals surface area (Å²) in [7, 11) is -9.93. The molecule has 0 aromatic heterocycles. The number of carbonyl (C=O) groups excluding carboxylic acids is 4. The molecule has 0 aliphatic carbocycles. The predicted octanol–water partition coefficient (Wildman–Crippen LogP) is 26.7. The van der Waals surface area contributed by atoms with Crippen molar-refractivity contribution in [2.75, 3.05) is 39.6 Å². The van der Waals surface area contributed by atoms with Crippen LogP contribution in [0.25, 0.3) is 0 Å². The molecule has 17 nitrogen and oxygen atoms in total. The number of esters is 4. The summed E-state index contributed by atoms with van der Waals surface area (Å²) in [6.45, 7) is 14.4. The van der Waals surface area contributed by atoms with Gasteiger partial charge < -0.3 is 33.8 Å². The van der Waals surface area contributed by atoms with Gasteiger partial charge in [0.15, 0.2) is 12.2 Å². The van der Waals surface area contributed by atoms with Crippen LogP contribution in [0, 0.1) is 23.7 Å². The van der Waals surface area contributed by atoms with Gasteiger partial charge in [0, 0.05) is 25.7 Å². The number of ether oxygens (including phenoxy) is 4. The van der Waals surface area contributed by atoms with E-state index >= 15 is 0 Å². The van der Waals surface area contributed by atoms with E-state index in [1.807, 2.05) is 0 Å². The van der Waals surface area contributed by atoms with Crippen LogP contribution in [0.4, 0.5) is 0 Å². The maximum absolute atomic E-state index is 13.2. The number of aliphatic hydroxyl groups is 1. The highest BCUT2D eigenvalue weighted by atomic mass is 31.2. The minimum absolute atomic E-state index is 0.107. The van der Waals surface area contributed by atoms with Gasteiger partial charge in [0.1, 0.15) is 19.3 Å². The highest BCUT2D eigenvalue weighted by Crippen LogP contribution is 2.45. The lowest BCUT2D eigenvalue weighted by Gasteiger charge is -2.21. The summed E-state index contributed by atoms with van der Waals surface area (Å²) in [5.74, 6) is 1.13. The van der Waals surface area contributed by atoms with Crippen molar-refractivity contribution in [2.24, 2.45) is 23.7 Å². The van der Waals surface area contributed by atoms with Crippen molar-refractivity contribution in [3.63, 3.8) is 0 Å². The minimum atomic E-state index is -4.97. The van der Waals surface area contributed by atoms with Crippen LogP contribution in [0.1, 0.15) is 460 Å². The summed E-state index contributed by atoms with van der Waals surface area (Å²) in [4.78, 5) is 73.3. The highest BCUT2D eigenvalue weighted by Gasteiger charge is 2.31. The number of unbranched alkanes of at least 4 members (excludes halogenated alkanes) is 49. The maximum atomic E-state index is 13.2. The molecule has 0 aromatic rings. The molecular formula is C88H172O17P2. The Labute approximate surface area is 658 Å². The van der Waals surface area contributed by atoms with E-state index in [-0.39, 0.29) is 25.7 Å². The van der Waals surface area contributed by atoms with Crippen molar-refractivity contribution in [3.8, 4) is 0 Å². The van der Waals surface area contributed by atoms with Crippen molar-refractivity contribution in [1.82, 2.24) is 0 Å². The quantitative estimate of drug-likeness (QED) is 0.0222. The largest absolute Gasteiger partial charge is 0.472 e. The fraction of sp³-hybridized carbons (Fsp3) is 0.955. The molecule has 0 aliphatic rings. The van der Waals surface area contributed by atoms with Crippen LogP contribution in [-0.2, 0) is 65.4 Å². The number of hydrogen-bond acceptors (Lipinski definition) is 15. The average molecular weight is 1560 g/mol. The van der Waals surface area contributed by atoms with Crippen LogP contribution in [0.5, 0.6) is 0 Å². The van der Waals surface area contributed by atoms with Crippen LogP contribution in [0.2, 0.25) is 0 Å². The number of phosphoric ester groups is 2. The third-order valence-electron chi connectivity index (χ3n) is 21.3. The Morgan fingerprint density at radius 3 is 0.664 bits per heavy atom. The molecule has 0 saturated carbocycles. The van der Waals surface area contributed by atoms with Gasteiger partial charge in [-0.2, -0.15) is 0 Å². The van der Waals surface area contributed by atoms with Gasteiger partial charge in [-0.3, -0.25) is 37.3 Å². The van der Waals surface area contributed by atoms with Gasteiger partial charge in [0.05, 0.1) is 26.4 Å². The first kappa shape index (κ1) is 105. The highest BCUT2D eigenvalue weighted by molar-refractivity contribution is 7.47. The van der Waals surface area contributed by atoms with Crippen molar-refractivity contribution in [1.29, 1.82) is 0 Å². The minimum Gasteiger partial charge on any atom is -0.462 e. The first-order valence-corrected chi connectivity index (χ1v) is 48.3. The zero-order valence-electron chi connectivity index (χ0n) is 70.8. The smallest absolute Gasteiger partial charge is 0.462 e. The molecule has 0 rings (SSSR count). The van der Waals surface area contributed by atoms with Gasteiger partial charge in [-0.15, -0.1) is 0 Å². The SMILES string of the molecule is CCC(C)CCCCCCCCCCCCCCCCC(=O)OC[C@H](COP(=O)(O)OC[C@@H](O)COP(=O)(O)OC[C@@H](COC(=O)CCCCCCCCCCC(C)CC)OC(=O)CCCCCCCCCCCCCCCC(C)C)OC(=O)CCCCCCCCCCCCCCCCCCCCC(C)C. The summed E-state index contributed by atoms with van der Waals surface area (Å²) >= 11 is 0. The maximum Gasteiger partial charge on any atom is 0.472 e. The Morgan fingerprint density at radius 2 is 0.449 bits per heavy atom. The molecule has 0 bridgehead atoms. The molecule has 0 aromatic carbocycles. The van der Waals surface area contributed by atoms with Crippen LogP contribution in [0.15, 0.2) is 0 Å². The van der Waals surface area contributed by atoms with Crippen LogP contribution >= 0.6 is 15.6 Å². The van der Waals surface area contributed by atoms with E-state index in [2.05, 4.69) is 55.4 Å². The summed E-state index contributed by atoms with van der Waals surface area (Å²) in [6, 6.07) is 0. The monoisotopic (exact) mass is 1560 g/mol. The standard InChI is InChI=1S/C88H172O17P2/c1-9-80(7)66-58-50-42-34-28-22-17-18-23-29-35-44-52-60-68-85(90)98-74-83(104-87(92)70-62-54-46-36-30-24-16-14-12-11-13-15-20-26-32-40-48-56-64-78(3)4)76-102-106(94,95)100-72-82(89)73-101-107(96,97)103-77-84(75-99-86(91)69-61-53-45-39-38-43-51-59-67-81(8)10-2)105-88(93)71-63-55-47-37-31-25-19-21-27-33-41-49-57-65-79(5)6/h78-84,89H,9-77H2,1-8H3,(H,94,95)(H,96,97)/t80?,81?,82-,83-,84-/m1/s1. The van der Waals surface area contributed by atoms with E-state index in [0.29, 0.717) is 25.7 Å². The van der Waals surface area contributed by atoms with Gasteiger partial charge in [-0.25, -0.2) is 9.13 Å². The normalized spacial score (nSPS) is 14.4. The van der Waals surface area contributed by atoms with E-state index in [9.17, 15) is 43.2 Å². The second-order valence-electron chi connectivity index (χ2n) is 33.1. The predicted molar refractivity (Wildman–Crippen MR) is 441 cm³/mol. The lowest BCUT2D eigenvalue weighted by molar-refractivity contribution is -0.161. The number of phosphoric acid groups is 2. The molecule has 0 saturated heterocycles. The van der Waals surface area contributed by atoms with Gasteiger partial charge in [0.25, 0.3) is 0 Å². The van der Waals surface area contributed by atoms with Gasteiger partial charge >= 0.3 is 39.5 Å². The number of carbonyl (C=O) groups is 4. The van der Waals surface area contributed by atoms with E-state index in [0.717, 1.165) is 114 Å². The van der Waals surface area contributed by atoms with E-state index in [1.165, 1.54) is 263 Å². The lowest BCUT2D eigenvalue weighted by Crippen LogP contribution is -2.30. The zero-order valence-corrected chi connectivity index (χ0v) is 72.6. The van der Waals surface area contributed by atoms with Gasteiger partial charge in [-0.1, -0.05) is 409 Å². The molecule has 4 unspecified atom stereocenters. The van der Waals surface area contributed by atoms with E-state index in [4.69, 9.17) is 37.0 Å².